The topological polar surface area (TPSA) is 66.4 Å². The van der Waals surface area contributed by atoms with Gasteiger partial charge >= 0.3 is 51.4 Å². The largest absolute Gasteiger partial charge is 1.00 e. The summed E-state index contributed by atoms with van der Waals surface area (Å²) >= 11 is 0. The maximum absolute atomic E-state index is 10.8. The Morgan fingerprint density at radius 3 is 1.48 bits per heavy atom. The van der Waals surface area contributed by atoms with Crippen molar-refractivity contribution in [1.82, 2.24) is 0 Å². The Bertz CT molecular complexity index is 508. The minimum atomic E-state index is -4.61. The van der Waals surface area contributed by atoms with Crippen LogP contribution in [0.1, 0.15) is 149 Å². The van der Waals surface area contributed by atoms with Crippen LogP contribution in [-0.2, 0) is 14.6 Å². The standard InChI is InChI=1S/C27H54O4S.K/c1-3-5-7-9-11-12-13-14-15-16-17-18-19-21-23-25-27(26-31-32(28,29)30)24-22-20-10-8-6-4-2;/h23,25,27H,3-22,24,26H2,1-2H3,(H,28,29,30);/q;+1/p-1/b25-23+;. The molecule has 0 rings (SSSR count). The fourth-order valence-corrected chi connectivity index (χ4v) is 4.50. The van der Waals surface area contributed by atoms with Gasteiger partial charge in [0.2, 0.25) is 10.4 Å². The Hall–Kier alpha value is 1.25. The summed E-state index contributed by atoms with van der Waals surface area (Å²) in [6.07, 6.45) is 31.0. The van der Waals surface area contributed by atoms with Crippen molar-refractivity contribution in [3.63, 3.8) is 0 Å². The van der Waals surface area contributed by atoms with E-state index in [0.717, 1.165) is 25.7 Å². The second kappa shape index (κ2) is 27.8. The molecule has 0 aliphatic carbocycles. The summed E-state index contributed by atoms with van der Waals surface area (Å²) in [6.45, 7) is 4.46. The molecule has 6 heteroatoms. The molecule has 0 bridgehead atoms. The number of hydrogen-bond donors (Lipinski definition) is 0. The fourth-order valence-electron chi connectivity index (χ4n) is 4.16. The van der Waals surface area contributed by atoms with Crippen molar-refractivity contribution >= 4 is 10.4 Å². The Labute approximate surface area is 249 Å². The van der Waals surface area contributed by atoms with Crippen LogP contribution in [0.2, 0.25) is 0 Å². The summed E-state index contributed by atoms with van der Waals surface area (Å²) in [5, 5.41) is 0. The normalized spacial score (nSPS) is 12.8. The van der Waals surface area contributed by atoms with Gasteiger partial charge < -0.3 is 4.55 Å². The van der Waals surface area contributed by atoms with E-state index in [4.69, 9.17) is 0 Å². The predicted octanol–water partition coefficient (Wildman–Crippen LogP) is 5.87. The third kappa shape index (κ3) is 31.2. The Balaban J connectivity index is 0. The van der Waals surface area contributed by atoms with Gasteiger partial charge in [0.1, 0.15) is 0 Å². The fraction of sp³-hybridized carbons (Fsp3) is 0.926. The van der Waals surface area contributed by atoms with Gasteiger partial charge in [-0.15, -0.1) is 0 Å². The average Bonchev–Trinajstić information content (AvgIpc) is 2.75. The molecule has 1 unspecified atom stereocenters. The molecule has 0 radical (unpaired) electrons. The first-order valence-electron chi connectivity index (χ1n) is 13.8. The minimum absolute atomic E-state index is 0. The molecule has 33 heavy (non-hydrogen) atoms. The van der Waals surface area contributed by atoms with Crippen LogP contribution in [0.15, 0.2) is 12.2 Å². The van der Waals surface area contributed by atoms with E-state index < -0.39 is 10.4 Å². The van der Waals surface area contributed by atoms with Gasteiger partial charge in [-0.1, -0.05) is 142 Å². The number of rotatable bonds is 25. The Kier molecular flexibility index (Phi) is 30.7. The molecule has 1 atom stereocenters. The van der Waals surface area contributed by atoms with E-state index >= 15 is 0 Å². The summed E-state index contributed by atoms with van der Waals surface area (Å²) in [4.78, 5) is 0. The van der Waals surface area contributed by atoms with Crippen LogP contribution in [0, 0.1) is 5.92 Å². The van der Waals surface area contributed by atoms with Gasteiger partial charge in [0.25, 0.3) is 0 Å². The van der Waals surface area contributed by atoms with Crippen molar-refractivity contribution in [2.45, 2.75) is 149 Å². The smallest absolute Gasteiger partial charge is 0.726 e. The summed E-state index contributed by atoms with van der Waals surface area (Å²) in [5.41, 5.74) is 0. The Morgan fingerprint density at radius 2 is 1.06 bits per heavy atom. The summed E-state index contributed by atoms with van der Waals surface area (Å²) in [5.74, 6) is 0.0203. The molecule has 0 amide bonds. The van der Waals surface area contributed by atoms with E-state index in [1.807, 2.05) is 0 Å². The van der Waals surface area contributed by atoms with E-state index in [-0.39, 0.29) is 63.9 Å². The summed E-state index contributed by atoms with van der Waals surface area (Å²) in [6, 6.07) is 0. The molecular formula is C27H53KO4S. The minimum Gasteiger partial charge on any atom is -0.726 e. The first-order valence-corrected chi connectivity index (χ1v) is 15.1. The maximum Gasteiger partial charge on any atom is 1.00 e. The third-order valence-electron chi connectivity index (χ3n) is 6.24. The molecule has 0 aliphatic rings. The molecular weight excluding hydrogens is 459 g/mol. The number of hydrogen-bond acceptors (Lipinski definition) is 4. The van der Waals surface area contributed by atoms with Gasteiger partial charge in [0.15, 0.2) is 0 Å². The maximum atomic E-state index is 10.8. The van der Waals surface area contributed by atoms with E-state index in [1.54, 1.807) is 0 Å². The molecule has 0 spiro atoms. The van der Waals surface area contributed by atoms with Crippen LogP contribution in [0.25, 0.3) is 0 Å². The molecule has 4 nitrogen and oxygen atoms in total. The van der Waals surface area contributed by atoms with Crippen molar-refractivity contribution < 1.29 is 68.5 Å². The monoisotopic (exact) mass is 512 g/mol. The Morgan fingerprint density at radius 1 is 0.667 bits per heavy atom. The van der Waals surface area contributed by atoms with Crippen LogP contribution in [0.3, 0.4) is 0 Å². The van der Waals surface area contributed by atoms with Gasteiger partial charge in [-0.25, -0.2) is 8.42 Å². The molecule has 0 fully saturated rings. The average molecular weight is 513 g/mol. The van der Waals surface area contributed by atoms with Crippen LogP contribution in [0.4, 0.5) is 0 Å². The van der Waals surface area contributed by atoms with E-state index in [0.29, 0.717) is 0 Å². The molecule has 0 aromatic carbocycles. The quantitative estimate of drug-likeness (QED) is 0.0504. The zero-order chi connectivity index (χ0) is 23.8. The van der Waals surface area contributed by atoms with Crippen LogP contribution < -0.4 is 51.4 Å². The third-order valence-corrected chi connectivity index (χ3v) is 6.66. The predicted molar refractivity (Wildman–Crippen MR) is 137 cm³/mol. The van der Waals surface area contributed by atoms with Gasteiger partial charge in [-0.3, -0.25) is 4.18 Å². The molecule has 0 saturated carbocycles. The second-order valence-electron chi connectivity index (χ2n) is 9.47. The number of unbranched alkanes of at least 4 members (excludes halogenated alkanes) is 18. The van der Waals surface area contributed by atoms with Gasteiger partial charge in [-0.05, 0) is 19.3 Å². The first kappa shape index (κ1) is 36.4. The molecule has 192 valence electrons. The second-order valence-corrected chi connectivity index (χ2v) is 10.5. The van der Waals surface area contributed by atoms with Crippen molar-refractivity contribution in [3.05, 3.63) is 12.2 Å². The van der Waals surface area contributed by atoms with E-state index in [9.17, 15) is 13.0 Å². The van der Waals surface area contributed by atoms with Gasteiger partial charge in [0, 0.05) is 5.92 Å². The van der Waals surface area contributed by atoms with Crippen LogP contribution in [0.5, 0.6) is 0 Å². The van der Waals surface area contributed by atoms with E-state index in [1.165, 1.54) is 109 Å². The zero-order valence-electron chi connectivity index (χ0n) is 22.3. The molecule has 0 aliphatic heterocycles. The molecule has 0 aromatic rings. The molecule has 0 N–H and O–H groups in total. The number of allylic oxidation sites excluding steroid dienone is 1. The van der Waals surface area contributed by atoms with Gasteiger partial charge in [-0.2, -0.15) is 0 Å². The first-order chi connectivity index (χ1) is 15.5. The zero-order valence-corrected chi connectivity index (χ0v) is 26.3. The van der Waals surface area contributed by atoms with Crippen molar-refractivity contribution in [3.8, 4) is 0 Å². The van der Waals surface area contributed by atoms with Gasteiger partial charge in [0.05, 0.1) is 6.61 Å². The summed E-state index contributed by atoms with van der Waals surface area (Å²) in [7, 11) is -4.61. The summed E-state index contributed by atoms with van der Waals surface area (Å²) < 4.78 is 36.9. The van der Waals surface area contributed by atoms with E-state index in [2.05, 4.69) is 30.2 Å². The molecule has 0 saturated heterocycles. The van der Waals surface area contributed by atoms with Crippen molar-refractivity contribution in [2.75, 3.05) is 6.61 Å². The van der Waals surface area contributed by atoms with Crippen molar-refractivity contribution in [2.24, 2.45) is 5.92 Å². The van der Waals surface area contributed by atoms with Crippen molar-refractivity contribution in [1.29, 1.82) is 0 Å². The van der Waals surface area contributed by atoms with Crippen LogP contribution in [-0.4, -0.2) is 19.6 Å². The molecule has 0 heterocycles. The SMILES string of the molecule is CCCCCCCCCCCCCCC/C=C/C(CCCCCCCC)COS(=O)(=O)[O-].[K+]. The molecule has 0 aromatic heterocycles. The van der Waals surface area contributed by atoms with Crippen LogP contribution >= 0.6 is 0 Å².